The number of aryl methyl sites for hydroxylation is 2. The lowest BCUT2D eigenvalue weighted by molar-refractivity contribution is -0.113. The fourth-order valence-corrected chi connectivity index (χ4v) is 2.83. The average Bonchev–Trinajstić information content (AvgIpc) is 2.55. The molecule has 0 aliphatic heterocycles. The third-order valence-electron chi connectivity index (χ3n) is 3.22. The molecule has 4 nitrogen and oxygen atoms in total. The van der Waals surface area contributed by atoms with E-state index in [1.807, 2.05) is 37.3 Å². The van der Waals surface area contributed by atoms with Crippen LogP contribution in [0.3, 0.4) is 0 Å². The smallest absolute Gasteiger partial charge is 0.234 e. The fourth-order valence-electron chi connectivity index (χ4n) is 2.04. The first-order valence-corrected chi connectivity index (χ1v) is 8.50. The average molecular weight is 325 g/mol. The van der Waals surface area contributed by atoms with Crippen LogP contribution in [0.1, 0.15) is 30.2 Å². The largest absolute Gasteiger partial charge is 0.325 e. The Morgan fingerprint density at radius 1 is 1.26 bits per heavy atom. The Morgan fingerprint density at radius 2 is 2.00 bits per heavy atom. The van der Waals surface area contributed by atoms with Crippen molar-refractivity contribution in [3.63, 3.8) is 0 Å². The number of nitrogens with zero attached hydrogens (tertiary/aromatic N) is 2. The minimum absolute atomic E-state index is 0.106. The van der Waals surface area contributed by atoms with Crippen molar-refractivity contribution in [2.24, 2.45) is 0 Å². The van der Waals surface area contributed by atoms with Gasteiger partial charge < -0.3 is 5.32 Å². The SMILES string of the molecule is CCCc1ccc(C#N)c(SCC(=O)Nc2ccc(C)cc2)n1. The molecule has 0 aliphatic rings. The van der Waals surface area contributed by atoms with Crippen LogP contribution in [0.5, 0.6) is 0 Å². The van der Waals surface area contributed by atoms with E-state index in [-0.39, 0.29) is 11.7 Å². The van der Waals surface area contributed by atoms with Crippen molar-refractivity contribution in [3.8, 4) is 6.07 Å². The number of rotatable bonds is 6. The van der Waals surface area contributed by atoms with E-state index >= 15 is 0 Å². The summed E-state index contributed by atoms with van der Waals surface area (Å²) >= 11 is 1.30. The summed E-state index contributed by atoms with van der Waals surface area (Å²) in [4.78, 5) is 16.5. The van der Waals surface area contributed by atoms with Gasteiger partial charge in [0.15, 0.2) is 0 Å². The van der Waals surface area contributed by atoms with Gasteiger partial charge in [-0.3, -0.25) is 4.79 Å². The summed E-state index contributed by atoms with van der Waals surface area (Å²) in [5.41, 5.74) is 3.38. The predicted octanol–water partition coefficient (Wildman–Crippen LogP) is 3.95. The highest BCUT2D eigenvalue weighted by Gasteiger charge is 2.10. The monoisotopic (exact) mass is 325 g/mol. The van der Waals surface area contributed by atoms with Gasteiger partial charge in [-0.25, -0.2) is 4.98 Å². The molecule has 118 valence electrons. The quantitative estimate of drug-likeness (QED) is 0.817. The first kappa shape index (κ1) is 17.0. The Balaban J connectivity index is 1.99. The van der Waals surface area contributed by atoms with Crippen molar-refractivity contribution >= 4 is 23.4 Å². The molecule has 0 spiro atoms. The molecule has 0 aliphatic carbocycles. The van der Waals surface area contributed by atoms with E-state index < -0.39 is 0 Å². The van der Waals surface area contributed by atoms with E-state index in [0.717, 1.165) is 29.8 Å². The molecule has 5 heteroatoms. The summed E-state index contributed by atoms with van der Waals surface area (Å²) in [5.74, 6) is 0.121. The molecule has 0 saturated carbocycles. The van der Waals surface area contributed by atoms with Crippen LogP contribution in [0.15, 0.2) is 41.4 Å². The zero-order valence-electron chi connectivity index (χ0n) is 13.3. The van der Waals surface area contributed by atoms with E-state index in [0.29, 0.717) is 10.6 Å². The molecule has 1 heterocycles. The van der Waals surface area contributed by atoms with Crippen LogP contribution in [0.2, 0.25) is 0 Å². The second kappa shape index (κ2) is 8.35. The Bertz CT molecular complexity index is 720. The number of nitriles is 1. The molecule has 0 unspecified atom stereocenters. The van der Waals surface area contributed by atoms with Gasteiger partial charge in [0.05, 0.1) is 11.3 Å². The Labute approximate surface area is 140 Å². The number of hydrogen-bond acceptors (Lipinski definition) is 4. The molecule has 1 aromatic heterocycles. The number of pyridine rings is 1. The highest BCUT2D eigenvalue weighted by atomic mass is 32.2. The Hall–Kier alpha value is -2.32. The van der Waals surface area contributed by atoms with E-state index in [9.17, 15) is 4.79 Å². The number of carbonyl (C=O) groups is 1. The number of nitrogens with one attached hydrogen (secondary N) is 1. The maximum absolute atomic E-state index is 12.0. The molecule has 1 amide bonds. The number of amides is 1. The third kappa shape index (κ3) is 5.11. The lowest BCUT2D eigenvalue weighted by Crippen LogP contribution is -2.14. The topological polar surface area (TPSA) is 65.8 Å². The number of hydrogen-bond donors (Lipinski definition) is 1. The summed E-state index contributed by atoms with van der Waals surface area (Å²) in [6, 6.07) is 13.4. The Morgan fingerprint density at radius 3 is 2.65 bits per heavy atom. The zero-order chi connectivity index (χ0) is 16.7. The van der Waals surface area contributed by atoms with Crippen LogP contribution in [-0.2, 0) is 11.2 Å². The number of thioether (sulfide) groups is 1. The van der Waals surface area contributed by atoms with Crippen LogP contribution in [0.25, 0.3) is 0 Å². The van der Waals surface area contributed by atoms with Gasteiger partial charge in [0.25, 0.3) is 0 Å². The first-order valence-electron chi connectivity index (χ1n) is 7.51. The van der Waals surface area contributed by atoms with Gasteiger partial charge in [-0.1, -0.05) is 42.8 Å². The highest BCUT2D eigenvalue weighted by molar-refractivity contribution is 8.00. The predicted molar refractivity (Wildman–Crippen MR) is 93.5 cm³/mol. The summed E-state index contributed by atoms with van der Waals surface area (Å²) < 4.78 is 0. The van der Waals surface area contributed by atoms with E-state index in [1.165, 1.54) is 11.8 Å². The van der Waals surface area contributed by atoms with Crippen molar-refractivity contribution in [2.45, 2.75) is 31.7 Å². The molecule has 23 heavy (non-hydrogen) atoms. The molecule has 0 bridgehead atoms. The number of carbonyl (C=O) groups excluding carboxylic acids is 1. The highest BCUT2D eigenvalue weighted by Crippen LogP contribution is 2.21. The minimum Gasteiger partial charge on any atom is -0.325 e. The summed E-state index contributed by atoms with van der Waals surface area (Å²) in [6.07, 6.45) is 1.87. The number of benzene rings is 1. The van der Waals surface area contributed by atoms with Crippen molar-refractivity contribution in [1.29, 1.82) is 5.26 Å². The molecule has 2 rings (SSSR count). The van der Waals surface area contributed by atoms with Crippen LogP contribution in [0.4, 0.5) is 5.69 Å². The maximum atomic E-state index is 12.0. The molecule has 2 aromatic rings. The number of anilines is 1. The maximum Gasteiger partial charge on any atom is 0.234 e. The third-order valence-corrected chi connectivity index (χ3v) is 4.21. The van der Waals surface area contributed by atoms with Gasteiger partial charge in [-0.15, -0.1) is 0 Å². The van der Waals surface area contributed by atoms with Crippen molar-refractivity contribution in [2.75, 3.05) is 11.1 Å². The molecule has 0 radical (unpaired) electrons. The van der Waals surface area contributed by atoms with Gasteiger partial charge >= 0.3 is 0 Å². The molecular formula is C18H19N3OS. The summed E-state index contributed by atoms with van der Waals surface area (Å²) in [5, 5.41) is 12.6. The van der Waals surface area contributed by atoms with E-state index in [2.05, 4.69) is 23.3 Å². The minimum atomic E-state index is -0.106. The molecule has 0 atom stereocenters. The van der Waals surface area contributed by atoms with Crippen molar-refractivity contribution in [3.05, 3.63) is 53.2 Å². The lowest BCUT2D eigenvalue weighted by atomic mass is 10.2. The zero-order valence-corrected chi connectivity index (χ0v) is 14.1. The van der Waals surface area contributed by atoms with Gasteiger partial charge in [0.1, 0.15) is 11.1 Å². The number of aromatic nitrogens is 1. The lowest BCUT2D eigenvalue weighted by Gasteiger charge is -2.07. The molecule has 0 saturated heterocycles. The second-order valence-electron chi connectivity index (χ2n) is 5.22. The van der Waals surface area contributed by atoms with Gasteiger partial charge in [0.2, 0.25) is 5.91 Å². The van der Waals surface area contributed by atoms with Crippen molar-refractivity contribution in [1.82, 2.24) is 4.98 Å². The molecule has 1 N–H and O–H groups in total. The van der Waals surface area contributed by atoms with Crippen LogP contribution < -0.4 is 5.32 Å². The normalized spacial score (nSPS) is 10.1. The van der Waals surface area contributed by atoms with Gasteiger partial charge in [0, 0.05) is 11.4 Å². The molecular weight excluding hydrogens is 306 g/mol. The fraction of sp³-hybridized carbons (Fsp3) is 0.278. The van der Waals surface area contributed by atoms with Crippen molar-refractivity contribution < 1.29 is 4.79 Å². The van der Waals surface area contributed by atoms with Crippen LogP contribution in [0, 0.1) is 18.3 Å². The molecule has 0 fully saturated rings. The van der Waals surface area contributed by atoms with E-state index in [1.54, 1.807) is 6.07 Å². The standard InChI is InChI=1S/C18H19N3OS/c1-3-4-15-10-7-14(11-19)18(21-15)23-12-17(22)20-16-8-5-13(2)6-9-16/h5-10H,3-4,12H2,1-2H3,(H,20,22). The summed E-state index contributed by atoms with van der Waals surface area (Å²) in [6.45, 7) is 4.08. The van der Waals surface area contributed by atoms with Crippen LogP contribution >= 0.6 is 11.8 Å². The Kier molecular flexibility index (Phi) is 6.19. The first-order chi connectivity index (χ1) is 11.1. The van der Waals surface area contributed by atoms with Crippen LogP contribution in [-0.4, -0.2) is 16.6 Å². The van der Waals surface area contributed by atoms with Gasteiger partial charge in [-0.05, 0) is 37.6 Å². The summed E-state index contributed by atoms with van der Waals surface area (Å²) in [7, 11) is 0. The van der Waals surface area contributed by atoms with Gasteiger partial charge in [-0.2, -0.15) is 5.26 Å². The molecule has 1 aromatic carbocycles. The second-order valence-corrected chi connectivity index (χ2v) is 6.18. The van der Waals surface area contributed by atoms with E-state index in [4.69, 9.17) is 5.26 Å².